The maximum atomic E-state index is 12.6. The van der Waals surface area contributed by atoms with Crippen molar-refractivity contribution in [3.63, 3.8) is 0 Å². The SMILES string of the molecule is C[C@@]1(C(=O)NCCC(=O)O)CSC2c3ccccc3C(=O)N21. The lowest BCUT2D eigenvalue weighted by molar-refractivity contribution is -0.137. The van der Waals surface area contributed by atoms with Crippen LogP contribution in [0, 0.1) is 0 Å². The quantitative estimate of drug-likeness (QED) is 0.871. The van der Waals surface area contributed by atoms with Crippen LogP contribution in [0.1, 0.15) is 34.6 Å². The molecule has 2 heterocycles. The average Bonchev–Trinajstić information content (AvgIpc) is 2.98. The fraction of sp³-hybridized carbons (Fsp3) is 0.400. The summed E-state index contributed by atoms with van der Waals surface area (Å²) in [6.45, 7) is 1.80. The van der Waals surface area contributed by atoms with Gasteiger partial charge >= 0.3 is 5.97 Å². The van der Waals surface area contributed by atoms with Gasteiger partial charge in [-0.05, 0) is 18.6 Å². The Hall–Kier alpha value is -2.02. The van der Waals surface area contributed by atoms with Crippen LogP contribution in [0.5, 0.6) is 0 Å². The first-order valence-electron chi connectivity index (χ1n) is 6.99. The number of hydrogen-bond acceptors (Lipinski definition) is 4. The number of carboxylic acids is 1. The third kappa shape index (κ3) is 2.16. The molecule has 1 aromatic carbocycles. The monoisotopic (exact) mass is 320 g/mol. The smallest absolute Gasteiger partial charge is 0.305 e. The molecule has 1 aromatic rings. The highest BCUT2D eigenvalue weighted by Crippen LogP contribution is 2.52. The fourth-order valence-electron chi connectivity index (χ4n) is 2.89. The molecule has 1 fully saturated rings. The van der Waals surface area contributed by atoms with E-state index in [1.807, 2.05) is 18.2 Å². The summed E-state index contributed by atoms with van der Waals surface area (Å²) in [6.07, 6.45) is -0.132. The van der Waals surface area contributed by atoms with Gasteiger partial charge in [-0.1, -0.05) is 18.2 Å². The van der Waals surface area contributed by atoms with Crippen LogP contribution in [0.3, 0.4) is 0 Å². The van der Waals surface area contributed by atoms with Gasteiger partial charge in [0.15, 0.2) is 0 Å². The Kier molecular flexibility index (Phi) is 3.60. The van der Waals surface area contributed by atoms with Gasteiger partial charge in [0, 0.05) is 17.9 Å². The minimum Gasteiger partial charge on any atom is -0.481 e. The molecule has 0 aliphatic carbocycles. The summed E-state index contributed by atoms with van der Waals surface area (Å²) in [4.78, 5) is 37.3. The maximum Gasteiger partial charge on any atom is 0.305 e. The number of thioether (sulfide) groups is 1. The standard InChI is InChI=1S/C15H16N2O4S/c1-15(14(21)16-7-6-11(18)19)8-22-13-10-5-3-2-4-9(10)12(20)17(13)15/h2-5,13H,6-8H2,1H3,(H,16,21)(H,18,19)/t13?,15-/m0/s1. The van der Waals surface area contributed by atoms with Gasteiger partial charge < -0.3 is 15.3 Å². The molecule has 2 aliphatic heterocycles. The molecule has 0 radical (unpaired) electrons. The number of carbonyl (C=O) groups excluding carboxylic acids is 2. The first-order valence-corrected chi connectivity index (χ1v) is 8.04. The highest BCUT2D eigenvalue weighted by Gasteiger charge is 2.55. The Balaban J connectivity index is 1.81. The van der Waals surface area contributed by atoms with Crippen molar-refractivity contribution in [2.24, 2.45) is 0 Å². The van der Waals surface area contributed by atoms with Gasteiger partial charge in [-0.25, -0.2) is 0 Å². The van der Waals surface area contributed by atoms with E-state index in [9.17, 15) is 14.4 Å². The van der Waals surface area contributed by atoms with E-state index in [1.54, 1.807) is 29.7 Å². The summed E-state index contributed by atoms with van der Waals surface area (Å²) < 4.78 is 0. The summed E-state index contributed by atoms with van der Waals surface area (Å²) in [6, 6.07) is 7.39. The van der Waals surface area contributed by atoms with Gasteiger partial charge in [0.25, 0.3) is 5.91 Å². The molecule has 0 spiro atoms. The summed E-state index contributed by atoms with van der Waals surface area (Å²) >= 11 is 1.56. The topological polar surface area (TPSA) is 86.7 Å². The van der Waals surface area contributed by atoms with Crippen molar-refractivity contribution in [3.05, 3.63) is 35.4 Å². The van der Waals surface area contributed by atoms with Gasteiger partial charge in [0.05, 0.1) is 6.42 Å². The second-order valence-electron chi connectivity index (χ2n) is 5.60. The molecule has 0 bridgehead atoms. The largest absolute Gasteiger partial charge is 0.481 e. The van der Waals surface area contributed by atoms with E-state index in [2.05, 4.69) is 5.32 Å². The zero-order valence-electron chi connectivity index (χ0n) is 12.0. The van der Waals surface area contributed by atoms with Gasteiger partial charge in [-0.3, -0.25) is 14.4 Å². The van der Waals surface area contributed by atoms with Crippen molar-refractivity contribution in [2.45, 2.75) is 24.3 Å². The molecule has 7 heteroatoms. The normalized spacial score (nSPS) is 25.8. The number of hydrogen-bond donors (Lipinski definition) is 2. The van der Waals surface area contributed by atoms with Crippen LogP contribution in [-0.2, 0) is 9.59 Å². The van der Waals surface area contributed by atoms with Crippen LogP contribution in [0.15, 0.2) is 24.3 Å². The zero-order chi connectivity index (χ0) is 15.9. The van der Waals surface area contributed by atoms with E-state index in [0.29, 0.717) is 11.3 Å². The van der Waals surface area contributed by atoms with E-state index in [1.165, 1.54) is 0 Å². The molecule has 2 N–H and O–H groups in total. The minimum absolute atomic E-state index is 0.0636. The Bertz CT molecular complexity index is 663. The Morgan fingerprint density at radius 2 is 2.18 bits per heavy atom. The molecule has 3 rings (SSSR count). The summed E-state index contributed by atoms with van der Waals surface area (Å²) in [7, 11) is 0. The molecular weight excluding hydrogens is 304 g/mol. The van der Waals surface area contributed by atoms with E-state index in [4.69, 9.17) is 5.11 Å². The number of carboxylic acid groups (broad SMARTS) is 1. The highest BCUT2D eigenvalue weighted by molar-refractivity contribution is 7.99. The molecule has 2 amide bonds. The van der Waals surface area contributed by atoms with Crippen LogP contribution in [0.2, 0.25) is 0 Å². The number of fused-ring (bicyclic) bond motifs is 3. The predicted molar refractivity (Wildman–Crippen MR) is 81.5 cm³/mol. The average molecular weight is 320 g/mol. The van der Waals surface area contributed by atoms with Crippen LogP contribution >= 0.6 is 11.8 Å². The fourth-order valence-corrected chi connectivity index (χ4v) is 4.50. The summed E-state index contributed by atoms with van der Waals surface area (Å²) in [5.41, 5.74) is 0.632. The number of carbonyl (C=O) groups is 3. The van der Waals surface area contributed by atoms with E-state index in [0.717, 1.165) is 5.56 Å². The van der Waals surface area contributed by atoms with Crippen molar-refractivity contribution in [2.75, 3.05) is 12.3 Å². The first kappa shape index (κ1) is 14.9. The molecule has 0 saturated carbocycles. The number of nitrogens with one attached hydrogen (secondary N) is 1. The lowest BCUT2D eigenvalue weighted by Gasteiger charge is -2.32. The number of nitrogens with zero attached hydrogens (tertiary/aromatic N) is 1. The number of aliphatic carboxylic acids is 1. The van der Waals surface area contributed by atoms with Crippen molar-refractivity contribution in [3.8, 4) is 0 Å². The molecule has 1 unspecified atom stereocenters. The van der Waals surface area contributed by atoms with Gasteiger partial charge in [-0.15, -0.1) is 11.8 Å². The summed E-state index contributed by atoms with van der Waals surface area (Å²) in [5.74, 6) is -0.906. The first-order chi connectivity index (χ1) is 10.4. The Labute approximate surface area is 131 Å². The van der Waals surface area contributed by atoms with Crippen LogP contribution in [-0.4, -0.2) is 45.6 Å². The molecular formula is C15H16N2O4S. The third-order valence-electron chi connectivity index (χ3n) is 4.08. The number of rotatable bonds is 4. The van der Waals surface area contributed by atoms with Crippen LogP contribution in [0.25, 0.3) is 0 Å². The van der Waals surface area contributed by atoms with Crippen LogP contribution in [0.4, 0.5) is 0 Å². The van der Waals surface area contributed by atoms with Gasteiger partial charge in [0.1, 0.15) is 10.9 Å². The van der Waals surface area contributed by atoms with Gasteiger partial charge in [0.2, 0.25) is 5.91 Å². The maximum absolute atomic E-state index is 12.6. The molecule has 0 aromatic heterocycles. The second kappa shape index (κ2) is 5.31. The molecule has 2 atom stereocenters. The lowest BCUT2D eigenvalue weighted by atomic mass is 10.0. The van der Waals surface area contributed by atoms with E-state index >= 15 is 0 Å². The molecule has 2 aliphatic rings. The van der Waals surface area contributed by atoms with E-state index in [-0.39, 0.29) is 30.2 Å². The number of benzene rings is 1. The Morgan fingerprint density at radius 1 is 1.45 bits per heavy atom. The van der Waals surface area contributed by atoms with Crippen LogP contribution < -0.4 is 5.32 Å². The number of amides is 2. The van der Waals surface area contributed by atoms with Crippen molar-refractivity contribution >= 4 is 29.5 Å². The third-order valence-corrected chi connectivity index (χ3v) is 5.59. The predicted octanol–water partition coefficient (Wildman–Crippen LogP) is 1.24. The minimum atomic E-state index is -0.964. The van der Waals surface area contributed by atoms with Crippen molar-refractivity contribution in [1.29, 1.82) is 0 Å². The molecule has 1 saturated heterocycles. The molecule has 6 nitrogen and oxygen atoms in total. The molecule has 22 heavy (non-hydrogen) atoms. The molecule has 116 valence electrons. The van der Waals surface area contributed by atoms with Crippen molar-refractivity contribution in [1.82, 2.24) is 10.2 Å². The Morgan fingerprint density at radius 3 is 2.91 bits per heavy atom. The van der Waals surface area contributed by atoms with E-state index < -0.39 is 11.5 Å². The second-order valence-corrected chi connectivity index (χ2v) is 6.67. The summed E-state index contributed by atoms with van der Waals surface area (Å²) in [5, 5.41) is 11.1. The van der Waals surface area contributed by atoms with Gasteiger partial charge in [-0.2, -0.15) is 0 Å². The zero-order valence-corrected chi connectivity index (χ0v) is 12.9. The lowest BCUT2D eigenvalue weighted by Crippen LogP contribution is -2.56. The van der Waals surface area contributed by atoms with Crippen molar-refractivity contribution < 1.29 is 19.5 Å². The highest BCUT2D eigenvalue weighted by atomic mass is 32.2.